The van der Waals surface area contributed by atoms with Crippen molar-refractivity contribution in [3.05, 3.63) is 30.3 Å². The van der Waals surface area contributed by atoms with Crippen LogP contribution in [-0.4, -0.2) is 18.6 Å². The fourth-order valence-corrected chi connectivity index (χ4v) is 3.63. The minimum atomic E-state index is 0.203. The van der Waals surface area contributed by atoms with E-state index < -0.39 is 0 Å². The molecule has 1 aromatic carbocycles. The Hall–Kier alpha value is -1.15. The summed E-state index contributed by atoms with van der Waals surface area (Å²) in [5.41, 5.74) is 5.20. The number of alkyl halides is 1. The zero-order valence-corrected chi connectivity index (χ0v) is 16.5. The van der Waals surface area contributed by atoms with E-state index in [2.05, 4.69) is 62.7 Å². The predicted octanol–water partition coefficient (Wildman–Crippen LogP) is 6.51. The third-order valence-corrected chi connectivity index (χ3v) is 4.85. The van der Waals surface area contributed by atoms with Gasteiger partial charge in [0.05, 0.1) is 17.3 Å². The molecular weight excluding hydrogens is 316 g/mol. The summed E-state index contributed by atoms with van der Waals surface area (Å²) in [4.78, 5) is 2.44. The van der Waals surface area contributed by atoms with Crippen molar-refractivity contribution in [3.63, 3.8) is 0 Å². The smallest absolute Gasteiger partial charge is 0.113 e. The number of nitrogens with one attached hydrogen (secondary N) is 1. The third kappa shape index (κ3) is 4.92. The minimum Gasteiger partial charge on any atom is -0.363 e. The van der Waals surface area contributed by atoms with E-state index in [4.69, 9.17) is 11.6 Å². The van der Waals surface area contributed by atoms with Crippen LogP contribution in [0, 0.1) is 5.41 Å². The second-order valence-corrected chi connectivity index (χ2v) is 8.45. The van der Waals surface area contributed by atoms with Crippen LogP contribution in [0.1, 0.15) is 65.4 Å². The van der Waals surface area contributed by atoms with Crippen LogP contribution in [-0.2, 0) is 0 Å². The van der Waals surface area contributed by atoms with Gasteiger partial charge >= 0.3 is 0 Å². The first-order chi connectivity index (χ1) is 11.4. The van der Waals surface area contributed by atoms with Crippen molar-refractivity contribution in [2.45, 2.75) is 66.0 Å². The summed E-state index contributed by atoms with van der Waals surface area (Å²) in [6.45, 7) is 14.4. The van der Waals surface area contributed by atoms with E-state index in [0.29, 0.717) is 5.88 Å². The Morgan fingerprint density at radius 1 is 1.25 bits per heavy atom. The van der Waals surface area contributed by atoms with Gasteiger partial charge in [-0.2, -0.15) is 0 Å². The molecule has 0 bridgehead atoms. The monoisotopic (exact) mass is 348 g/mol. The molecule has 1 aliphatic heterocycles. The maximum Gasteiger partial charge on any atom is 0.113 e. The van der Waals surface area contributed by atoms with Gasteiger partial charge in [-0.25, -0.2) is 0 Å². The van der Waals surface area contributed by atoms with E-state index in [9.17, 15) is 0 Å². The summed E-state index contributed by atoms with van der Waals surface area (Å²) in [6, 6.07) is 6.67. The molecule has 24 heavy (non-hydrogen) atoms. The van der Waals surface area contributed by atoms with Crippen molar-refractivity contribution in [2.24, 2.45) is 5.41 Å². The van der Waals surface area contributed by atoms with Crippen LogP contribution in [0.4, 0.5) is 11.4 Å². The molecule has 1 unspecified atom stereocenters. The first kappa shape index (κ1) is 19.2. The van der Waals surface area contributed by atoms with Gasteiger partial charge in [-0.05, 0) is 41.5 Å². The van der Waals surface area contributed by atoms with Crippen molar-refractivity contribution in [1.29, 1.82) is 0 Å². The molecule has 0 fully saturated rings. The van der Waals surface area contributed by atoms with Crippen molar-refractivity contribution >= 4 is 28.5 Å². The number of unbranched alkanes of at least 4 members (excludes halogenated alkanes) is 3. The lowest BCUT2D eigenvalue weighted by Crippen LogP contribution is -2.37. The number of fused-ring (bicyclic) bond motifs is 1. The highest BCUT2D eigenvalue weighted by Crippen LogP contribution is 2.39. The van der Waals surface area contributed by atoms with Crippen LogP contribution in [0.5, 0.6) is 0 Å². The van der Waals surface area contributed by atoms with Gasteiger partial charge in [0, 0.05) is 6.54 Å². The van der Waals surface area contributed by atoms with Gasteiger partial charge in [0.15, 0.2) is 0 Å². The number of hydrogen-bond donors (Lipinski definition) is 1. The van der Waals surface area contributed by atoms with Crippen LogP contribution in [0.2, 0.25) is 0 Å². The topological polar surface area (TPSA) is 15.3 Å². The number of nitrogens with zero attached hydrogens (tertiary/aromatic N) is 1. The second kappa shape index (κ2) is 8.29. The molecule has 3 heteroatoms. The molecule has 134 valence electrons. The molecule has 0 saturated carbocycles. The van der Waals surface area contributed by atoms with Crippen LogP contribution in [0.15, 0.2) is 24.8 Å². The number of rotatable bonds is 8. The van der Waals surface area contributed by atoms with Crippen LogP contribution in [0.25, 0.3) is 5.57 Å². The molecule has 1 aliphatic rings. The summed E-state index contributed by atoms with van der Waals surface area (Å²) >= 11 is 6.20. The van der Waals surface area contributed by atoms with Crippen LogP contribution < -0.4 is 10.2 Å². The standard InChI is InChI=1S/C21H33ClN2/c1-6-7-8-9-12-24-19-13-17(16(2)14-21(3,4)5)10-11-18(19)23-20(24)15-22/h10-11,13,20,23H,2,6-9,12,14-15H2,1,3-5H3. The van der Waals surface area contributed by atoms with Gasteiger partial charge in [-0.1, -0.05) is 59.6 Å². The van der Waals surface area contributed by atoms with E-state index in [-0.39, 0.29) is 11.6 Å². The van der Waals surface area contributed by atoms with Crippen LogP contribution >= 0.6 is 11.6 Å². The van der Waals surface area contributed by atoms with E-state index in [1.54, 1.807) is 0 Å². The first-order valence-corrected chi connectivity index (χ1v) is 9.80. The van der Waals surface area contributed by atoms with E-state index in [1.807, 2.05) is 0 Å². The molecule has 0 aliphatic carbocycles. The molecule has 1 atom stereocenters. The zero-order chi connectivity index (χ0) is 17.7. The Bertz CT molecular complexity index is 559. The van der Waals surface area contributed by atoms with E-state index in [1.165, 1.54) is 48.2 Å². The van der Waals surface area contributed by atoms with Crippen molar-refractivity contribution in [2.75, 3.05) is 22.6 Å². The summed E-state index contributed by atoms with van der Waals surface area (Å²) in [7, 11) is 0. The summed E-state index contributed by atoms with van der Waals surface area (Å²) in [5.74, 6) is 0.598. The number of halogens is 1. The van der Waals surface area contributed by atoms with Gasteiger partial charge in [-0.15, -0.1) is 11.6 Å². The molecule has 1 aromatic rings. The van der Waals surface area contributed by atoms with E-state index in [0.717, 1.165) is 13.0 Å². The van der Waals surface area contributed by atoms with Gasteiger partial charge in [-0.3, -0.25) is 0 Å². The Labute approximate surface area is 153 Å². The molecule has 2 nitrogen and oxygen atoms in total. The Morgan fingerprint density at radius 2 is 2.00 bits per heavy atom. The minimum absolute atomic E-state index is 0.203. The number of allylic oxidation sites excluding steroid dienone is 1. The van der Waals surface area contributed by atoms with Gasteiger partial charge in [0.2, 0.25) is 0 Å². The molecule has 0 saturated heterocycles. The molecule has 0 aromatic heterocycles. The lowest BCUT2D eigenvalue weighted by molar-refractivity contribution is 0.427. The Morgan fingerprint density at radius 3 is 2.62 bits per heavy atom. The summed E-state index contributed by atoms with van der Waals surface area (Å²) in [5, 5.41) is 3.55. The Balaban J connectivity index is 2.15. The lowest BCUT2D eigenvalue weighted by Gasteiger charge is -2.26. The fraction of sp³-hybridized carbons (Fsp3) is 0.619. The molecule has 0 spiro atoms. The Kier molecular flexibility index (Phi) is 6.62. The number of anilines is 2. The molecular formula is C21H33ClN2. The quantitative estimate of drug-likeness (QED) is 0.425. The largest absolute Gasteiger partial charge is 0.363 e. The average Bonchev–Trinajstić information content (AvgIpc) is 2.87. The highest BCUT2D eigenvalue weighted by molar-refractivity contribution is 6.18. The van der Waals surface area contributed by atoms with Gasteiger partial charge < -0.3 is 10.2 Å². The van der Waals surface area contributed by atoms with Crippen molar-refractivity contribution in [3.8, 4) is 0 Å². The maximum absolute atomic E-state index is 6.20. The van der Waals surface area contributed by atoms with Gasteiger partial charge in [0.25, 0.3) is 0 Å². The number of benzene rings is 1. The average molecular weight is 349 g/mol. The maximum atomic E-state index is 6.20. The first-order valence-electron chi connectivity index (χ1n) is 9.27. The summed E-state index contributed by atoms with van der Waals surface area (Å²) in [6.07, 6.45) is 6.29. The summed E-state index contributed by atoms with van der Waals surface area (Å²) < 4.78 is 0. The second-order valence-electron chi connectivity index (χ2n) is 8.14. The van der Waals surface area contributed by atoms with Crippen LogP contribution in [0.3, 0.4) is 0 Å². The SMILES string of the molecule is C=C(CC(C)(C)C)c1ccc2c(c1)N(CCCCCC)C(CCl)N2. The zero-order valence-electron chi connectivity index (χ0n) is 15.8. The van der Waals surface area contributed by atoms with Crippen molar-refractivity contribution < 1.29 is 0 Å². The normalized spacial score (nSPS) is 16.9. The van der Waals surface area contributed by atoms with Crippen molar-refractivity contribution in [1.82, 2.24) is 0 Å². The highest BCUT2D eigenvalue weighted by Gasteiger charge is 2.28. The molecule has 1 N–H and O–H groups in total. The van der Waals surface area contributed by atoms with Gasteiger partial charge in [0.1, 0.15) is 6.17 Å². The molecule has 1 heterocycles. The van der Waals surface area contributed by atoms with E-state index >= 15 is 0 Å². The molecule has 2 rings (SSSR count). The molecule has 0 radical (unpaired) electrons. The third-order valence-electron chi connectivity index (χ3n) is 4.56. The number of hydrogen-bond acceptors (Lipinski definition) is 2. The fourth-order valence-electron chi connectivity index (χ4n) is 3.39. The molecule has 0 amide bonds. The lowest BCUT2D eigenvalue weighted by atomic mass is 9.86. The predicted molar refractivity (Wildman–Crippen MR) is 109 cm³/mol. The highest BCUT2D eigenvalue weighted by atomic mass is 35.5.